The molecule has 4 nitrogen and oxygen atoms in total. The minimum Gasteiger partial charge on any atom is -0.378 e. The summed E-state index contributed by atoms with van der Waals surface area (Å²) in [6.45, 7) is 2.46. The summed E-state index contributed by atoms with van der Waals surface area (Å²) in [4.78, 5) is 12.9. The van der Waals surface area contributed by atoms with Gasteiger partial charge in [0.05, 0.1) is 19.8 Å². The Morgan fingerprint density at radius 3 is 3.25 bits per heavy atom. The second-order valence-electron chi connectivity index (χ2n) is 3.53. The first kappa shape index (κ1) is 12.0. The van der Waals surface area contributed by atoms with E-state index >= 15 is 0 Å². The van der Waals surface area contributed by atoms with Gasteiger partial charge in [0.25, 0.3) is 0 Å². The number of halogens is 1. The Morgan fingerprint density at radius 2 is 2.62 bits per heavy atom. The fourth-order valence-electron chi connectivity index (χ4n) is 1.48. The smallest absolute Gasteiger partial charge is 0.239 e. The fraction of sp³-hybridized carbons (Fsp3) is 0.500. The molecule has 0 radical (unpaired) electrons. The van der Waals surface area contributed by atoms with E-state index in [0.717, 1.165) is 15.9 Å². The molecule has 1 atom stereocenters. The van der Waals surface area contributed by atoms with Gasteiger partial charge in [-0.3, -0.25) is 4.79 Å². The number of rotatable bonds is 3. The van der Waals surface area contributed by atoms with E-state index in [1.807, 2.05) is 11.4 Å². The summed E-state index contributed by atoms with van der Waals surface area (Å²) in [5.41, 5.74) is 0. The van der Waals surface area contributed by atoms with Crippen LogP contribution in [-0.4, -0.2) is 31.7 Å². The van der Waals surface area contributed by atoms with Crippen molar-refractivity contribution in [2.45, 2.75) is 12.6 Å². The van der Waals surface area contributed by atoms with Crippen molar-refractivity contribution in [2.75, 3.05) is 19.8 Å². The van der Waals surface area contributed by atoms with Crippen LogP contribution in [-0.2, 0) is 16.1 Å². The Morgan fingerprint density at radius 1 is 1.75 bits per heavy atom. The van der Waals surface area contributed by atoms with Gasteiger partial charge in [-0.25, -0.2) is 0 Å². The standard InChI is InChI=1S/C10H13BrN2O2S/c11-7-3-8(16-6-7)4-13-10(14)9-5-15-2-1-12-9/h3,6,9,12H,1-2,4-5H2,(H,13,14). The van der Waals surface area contributed by atoms with E-state index < -0.39 is 0 Å². The Hall–Kier alpha value is -0.430. The van der Waals surface area contributed by atoms with E-state index in [2.05, 4.69) is 26.6 Å². The predicted molar refractivity (Wildman–Crippen MR) is 66.5 cm³/mol. The first-order valence-electron chi connectivity index (χ1n) is 5.07. The lowest BCUT2D eigenvalue weighted by atomic mass is 10.2. The highest BCUT2D eigenvalue weighted by Gasteiger charge is 2.20. The van der Waals surface area contributed by atoms with Gasteiger partial charge in [0.15, 0.2) is 0 Å². The average Bonchev–Trinajstić information content (AvgIpc) is 2.73. The molecule has 0 bridgehead atoms. The second kappa shape index (κ2) is 5.77. The number of carbonyl (C=O) groups is 1. The maximum Gasteiger partial charge on any atom is 0.239 e. The van der Waals surface area contributed by atoms with Gasteiger partial charge in [-0.2, -0.15) is 0 Å². The number of hydrogen-bond acceptors (Lipinski definition) is 4. The zero-order valence-electron chi connectivity index (χ0n) is 8.66. The highest BCUT2D eigenvalue weighted by atomic mass is 79.9. The van der Waals surface area contributed by atoms with Crippen LogP contribution in [0.4, 0.5) is 0 Å². The normalized spacial score (nSPS) is 20.7. The first-order chi connectivity index (χ1) is 7.75. The summed E-state index contributed by atoms with van der Waals surface area (Å²) in [6, 6.07) is 1.80. The van der Waals surface area contributed by atoms with Crippen LogP contribution in [0.5, 0.6) is 0 Å². The SMILES string of the molecule is O=C(NCc1cc(Br)cs1)C1COCCN1. The van der Waals surface area contributed by atoms with E-state index in [1.165, 1.54) is 0 Å². The summed E-state index contributed by atoms with van der Waals surface area (Å²) in [5.74, 6) is 0.00391. The Balaban J connectivity index is 1.78. The minimum absolute atomic E-state index is 0.00391. The third-order valence-corrected chi connectivity index (χ3v) is 3.99. The van der Waals surface area contributed by atoms with E-state index in [0.29, 0.717) is 19.8 Å². The molecule has 6 heteroatoms. The molecule has 88 valence electrons. The van der Waals surface area contributed by atoms with E-state index in [1.54, 1.807) is 11.3 Å². The molecular formula is C10H13BrN2O2S. The zero-order chi connectivity index (χ0) is 11.4. The highest BCUT2D eigenvalue weighted by molar-refractivity contribution is 9.10. The molecule has 2 rings (SSSR count). The van der Waals surface area contributed by atoms with Crippen molar-refractivity contribution in [3.8, 4) is 0 Å². The summed E-state index contributed by atoms with van der Waals surface area (Å²) in [6.07, 6.45) is 0. The number of morpholine rings is 1. The van der Waals surface area contributed by atoms with Gasteiger partial charge >= 0.3 is 0 Å². The van der Waals surface area contributed by atoms with Crippen molar-refractivity contribution < 1.29 is 9.53 Å². The number of amides is 1. The van der Waals surface area contributed by atoms with Gasteiger partial charge in [0, 0.05) is 21.3 Å². The van der Waals surface area contributed by atoms with Crippen molar-refractivity contribution in [1.29, 1.82) is 0 Å². The van der Waals surface area contributed by atoms with Gasteiger partial charge in [0.1, 0.15) is 6.04 Å². The summed E-state index contributed by atoms with van der Waals surface area (Å²) in [7, 11) is 0. The van der Waals surface area contributed by atoms with Crippen molar-refractivity contribution in [3.63, 3.8) is 0 Å². The molecule has 1 amide bonds. The van der Waals surface area contributed by atoms with Crippen LogP contribution in [0.25, 0.3) is 0 Å². The van der Waals surface area contributed by atoms with E-state index in [-0.39, 0.29) is 11.9 Å². The average molecular weight is 305 g/mol. The molecule has 2 N–H and O–H groups in total. The Labute approximate surface area is 106 Å². The number of ether oxygens (including phenoxy) is 1. The van der Waals surface area contributed by atoms with Crippen LogP contribution in [0, 0.1) is 0 Å². The lowest BCUT2D eigenvalue weighted by Crippen LogP contribution is -2.50. The third-order valence-electron chi connectivity index (χ3n) is 2.30. The molecule has 1 aromatic rings. The number of hydrogen-bond donors (Lipinski definition) is 2. The van der Waals surface area contributed by atoms with Crippen LogP contribution < -0.4 is 10.6 Å². The Kier molecular flexibility index (Phi) is 4.34. The molecule has 0 aliphatic carbocycles. The maximum absolute atomic E-state index is 11.7. The van der Waals surface area contributed by atoms with E-state index in [4.69, 9.17) is 4.74 Å². The zero-order valence-corrected chi connectivity index (χ0v) is 11.1. The molecule has 16 heavy (non-hydrogen) atoms. The number of thiophene rings is 1. The highest BCUT2D eigenvalue weighted by Crippen LogP contribution is 2.19. The third kappa shape index (κ3) is 3.28. The molecule has 1 aliphatic rings. The maximum atomic E-state index is 11.7. The van der Waals surface area contributed by atoms with Crippen molar-refractivity contribution in [3.05, 3.63) is 20.8 Å². The molecule has 1 saturated heterocycles. The molecule has 0 aromatic carbocycles. The predicted octanol–water partition coefficient (Wildman–Crippen LogP) is 1.12. The molecule has 1 aromatic heterocycles. The number of carbonyl (C=O) groups excluding carboxylic acids is 1. The van der Waals surface area contributed by atoms with E-state index in [9.17, 15) is 4.79 Å². The fourth-order valence-corrected chi connectivity index (χ4v) is 2.87. The summed E-state index contributed by atoms with van der Waals surface area (Å²) in [5, 5.41) is 8.01. The van der Waals surface area contributed by atoms with Crippen LogP contribution in [0.1, 0.15) is 4.88 Å². The minimum atomic E-state index is -0.211. The monoisotopic (exact) mass is 304 g/mol. The molecular weight excluding hydrogens is 292 g/mol. The Bertz CT molecular complexity index is 363. The first-order valence-corrected chi connectivity index (χ1v) is 6.75. The van der Waals surface area contributed by atoms with Crippen LogP contribution >= 0.6 is 27.3 Å². The molecule has 2 heterocycles. The lowest BCUT2D eigenvalue weighted by molar-refractivity contribution is -0.126. The van der Waals surface area contributed by atoms with Gasteiger partial charge in [-0.1, -0.05) is 0 Å². The molecule has 0 saturated carbocycles. The van der Waals surface area contributed by atoms with Crippen molar-refractivity contribution in [2.24, 2.45) is 0 Å². The van der Waals surface area contributed by atoms with Crippen LogP contribution in [0.2, 0.25) is 0 Å². The largest absolute Gasteiger partial charge is 0.378 e. The lowest BCUT2D eigenvalue weighted by Gasteiger charge is -2.22. The van der Waals surface area contributed by atoms with Crippen LogP contribution in [0.15, 0.2) is 15.9 Å². The summed E-state index contributed by atoms with van der Waals surface area (Å²) < 4.78 is 6.29. The van der Waals surface area contributed by atoms with Gasteiger partial charge in [0.2, 0.25) is 5.91 Å². The number of nitrogens with one attached hydrogen (secondary N) is 2. The van der Waals surface area contributed by atoms with Gasteiger partial charge in [-0.05, 0) is 22.0 Å². The quantitative estimate of drug-likeness (QED) is 0.880. The van der Waals surface area contributed by atoms with Crippen molar-refractivity contribution >= 4 is 33.2 Å². The molecule has 1 unspecified atom stereocenters. The second-order valence-corrected chi connectivity index (χ2v) is 5.44. The van der Waals surface area contributed by atoms with Crippen molar-refractivity contribution in [1.82, 2.24) is 10.6 Å². The molecule has 1 aliphatic heterocycles. The molecule has 1 fully saturated rings. The molecule has 0 spiro atoms. The van der Waals surface area contributed by atoms with Crippen LogP contribution in [0.3, 0.4) is 0 Å². The van der Waals surface area contributed by atoms with Gasteiger partial charge < -0.3 is 15.4 Å². The topological polar surface area (TPSA) is 50.4 Å². The van der Waals surface area contributed by atoms with Gasteiger partial charge in [-0.15, -0.1) is 11.3 Å². The summed E-state index contributed by atoms with van der Waals surface area (Å²) >= 11 is 5.01.